The summed E-state index contributed by atoms with van der Waals surface area (Å²) in [5.74, 6) is 0.902. The van der Waals surface area contributed by atoms with Crippen molar-refractivity contribution in [1.82, 2.24) is 9.55 Å². The molecule has 0 aliphatic heterocycles. The Morgan fingerprint density at radius 3 is 1.53 bits per heavy atom. The molecule has 13 aromatic rings. The number of hydrogen-bond acceptors (Lipinski definition) is 2. The van der Waals surface area contributed by atoms with Crippen LogP contribution in [0.2, 0.25) is 0 Å². The monoisotopic (exact) mass is 814 g/mol. The lowest BCUT2D eigenvalue weighted by Crippen LogP contribution is -1.97. The van der Waals surface area contributed by atoms with Crippen LogP contribution in [0.5, 0.6) is 0 Å². The fraction of sp³-hybridized carbons (Fsp3) is 0. The summed E-state index contributed by atoms with van der Waals surface area (Å²) in [6.07, 6.45) is 0. The summed E-state index contributed by atoms with van der Waals surface area (Å²) < 4.78 is 8.91. The molecular weight excluding hydrogens is 777 g/mol. The molecule has 64 heavy (non-hydrogen) atoms. The second kappa shape index (κ2) is 14.5. The van der Waals surface area contributed by atoms with E-state index in [0.29, 0.717) is 0 Å². The summed E-state index contributed by atoms with van der Waals surface area (Å²) >= 11 is 0. The Hall–Kier alpha value is -8.53. The smallest absolute Gasteiger partial charge is 0.145 e. The van der Waals surface area contributed by atoms with Gasteiger partial charge in [-0.3, -0.25) is 4.57 Å². The molecule has 0 N–H and O–H groups in total. The van der Waals surface area contributed by atoms with Crippen molar-refractivity contribution in [2.24, 2.45) is 0 Å². The Balaban J connectivity index is 0.928. The van der Waals surface area contributed by atoms with E-state index in [9.17, 15) is 0 Å². The third-order valence-corrected chi connectivity index (χ3v) is 13.0. The van der Waals surface area contributed by atoms with Crippen LogP contribution in [0.3, 0.4) is 0 Å². The molecule has 0 unspecified atom stereocenters. The lowest BCUT2D eigenvalue weighted by molar-refractivity contribution is 0.669. The van der Waals surface area contributed by atoms with Crippen molar-refractivity contribution in [1.29, 1.82) is 0 Å². The van der Waals surface area contributed by atoms with Gasteiger partial charge < -0.3 is 4.42 Å². The van der Waals surface area contributed by atoms with E-state index in [1.54, 1.807) is 0 Å². The van der Waals surface area contributed by atoms with Crippen LogP contribution >= 0.6 is 0 Å². The molecule has 298 valence electrons. The van der Waals surface area contributed by atoms with Gasteiger partial charge in [0, 0.05) is 22.0 Å². The van der Waals surface area contributed by atoms with E-state index >= 15 is 0 Å². The number of imidazole rings is 1. The molecule has 0 fully saturated rings. The van der Waals surface area contributed by atoms with Crippen molar-refractivity contribution in [3.8, 4) is 61.6 Å². The average Bonchev–Trinajstić information content (AvgIpc) is 3.96. The van der Waals surface area contributed by atoms with Crippen LogP contribution < -0.4 is 0 Å². The van der Waals surface area contributed by atoms with Gasteiger partial charge in [0.2, 0.25) is 0 Å². The Bertz CT molecular complexity index is 3930. The highest BCUT2D eigenvalue weighted by molar-refractivity contribution is 6.25. The van der Waals surface area contributed by atoms with Crippen molar-refractivity contribution >= 4 is 65.3 Å². The molecule has 3 nitrogen and oxygen atoms in total. The van der Waals surface area contributed by atoms with Gasteiger partial charge in [-0.2, -0.15) is 0 Å². The van der Waals surface area contributed by atoms with E-state index in [0.717, 1.165) is 77.9 Å². The molecule has 0 saturated heterocycles. The van der Waals surface area contributed by atoms with E-state index in [1.807, 2.05) is 6.07 Å². The first-order chi connectivity index (χ1) is 31.7. The van der Waals surface area contributed by atoms with Crippen LogP contribution in [0.4, 0.5) is 0 Å². The molecular formula is C61H38N2O. The summed E-state index contributed by atoms with van der Waals surface area (Å²) in [5.41, 5.74) is 15.0. The molecule has 0 bridgehead atoms. The van der Waals surface area contributed by atoms with E-state index in [-0.39, 0.29) is 0 Å². The zero-order valence-corrected chi connectivity index (χ0v) is 34.7. The van der Waals surface area contributed by atoms with E-state index in [2.05, 4.69) is 229 Å². The zero-order valence-electron chi connectivity index (χ0n) is 34.7. The number of para-hydroxylation sites is 4. The predicted molar refractivity (Wildman–Crippen MR) is 268 cm³/mol. The summed E-state index contributed by atoms with van der Waals surface area (Å²) in [5, 5.41) is 9.90. The summed E-state index contributed by atoms with van der Waals surface area (Å²) in [6.45, 7) is 0. The topological polar surface area (TPSA) is 31.0 Å². The summed E-state index contributed by atoms with van der Waals surface area (Å²) in [6, 6.07) is 82.9. The Morgan fingerprint density at radius 1 is 0.312 bits per heavy atom. The van der Waals surface area contributed by atoms with Crippen LogP contribution in [0, 0.1) is 0 Å². The van der Waals surface area contributed by atoms with Crippen molar-refractivity contribution in [3.05, 3.63) is 231 Å². The second-order valence-corrected chi connectivity index (χ2v) is 16.7. The fourth-order valence-electron chi connectivity index (χ4n) is 9.98. The highest BCUT2D eigenvalue weighted by atomic mass is 16.3. The minimum absolute atomic E-state index is 0.861. The van der Waals surface area contributed by atoms with Crippen molar-refractivity contribution in [3.63, 3.8) is 0 Å². The first-order valence-corrected chi connectivity index (χ1v) is 21.9. The summed E-state index contributed by atoms with van der Waals surface area (Å²) in [4.78, 5) is 5.21. The van der Waals surface area contributed by atoms with Crippen molar-refractivity contribution < 1.29 is 4.42 Å². The molecule has 3 heteroatoms. The van der Waals surface area contributed by atoms with Crippen LogP contribution in [0.15, 0.2) is 235 Å². The molecule has 2 aromatic heterocycles. The number of nitrogens with zero attached hydrogens (tertiary/aromatic N) is 2. The summed E-state index contributed by atoms with van der Waals surface area (Å²) in [7, 11) is 0. The molecule has 0 saturated carbocycles. The molecule has 0 atom stereocenters. The molecule has 0 aliphatic rings. The SMILES string of the molecule is c1ccc(-n2c(-c3cccc(-c4cc(-c5cccc(-c6cccc(-c7ccc8c9ccccc9c9ccccc9c8c7)c6)c5)cc5oc6ccccc6c45)c3)nc3ccccc32)cc1. The first kappa shape index (κ1) is 36.2. The van der Waals surface area contributed by atoms with Gasteiger partial charge in [-0.1, -0.05) is 164 Å². The number of furan rings is 1. The maximum Gasteiger partial charge on any atom is 0.145 e. The van der Waals surface area contributed by atoms with Gasteiger partial charge in [0.05, 0.1) is 11.0 Å². The van der Waals surface area contributed by atoms with E-state index < -0.39 is 0 Å². The van der Waals surface area contributed by atoms with Gasteiger partial charge >= 0.3 is 0 Å². The number of benzene rings is 11. The fourth-order valence-corrected chi connectivity index (χ4v) is 9.98. The Morgan fingerprint density at radius 2 is 0.828 bits per heavy atom. The zero-order chi connectivity index (χ0) is 42.1. The predicted octanol–water partition coefficient (Wildman–Crippen LogP) is 16.7. The first-order valence-electron chi connectivity index (χ1n) is 21.9. The maximum atomic E-state index is 6.65. The molecule has 0 radical (unpaired) electrons. The van der Waals surface area contributed by atoms with Gasteiger partial charge in [0.1, 0.15) is 17.0 Å². The van der Waals surface area contributed by atoms with Crippen LogP contribution in [-0.4, -0.2) is 9.55 Å². The molecule has 0 aliphatic carbocycles. The number of aromatic nitrogens is 2. The minimum atomic E-state index is 0.861. The molecule has 11 aromatic carbocycles. The lowest BCUT2D eigenvalue weighted by Gasteiger charge is -2.13. The second-order valence-electron chi connectivity index (χ2n) is 16.7. The highest BCUT2D eigenvalue weighted by Gasteiger charge is 2.19. The standard InChI is InChI=1S/C61H38N2O/c1-2-21-47(22-3-1)63-57-29-10-9-28-56(57)62-61(63)45-20-14-19-44(35-45)54-37-46(38-59-60(54)53-27-8-11-30-58(53)64-59)42-18-13-16-40(34-42)39-15-12-17-41(33-39)43-31-32-52-50-25-5-4-23-48(50)49-24-6-7-26-51(49)55(52)36-43/h1-38H. The van der Waals surface area contributed by atoms with Crippen LogP contribution in [0.1, 0.15) is 0 Å². The van der Waals surface area contributed by atoms with E-state index in [1.165, 1.54) is 49.0 Å². The highest BCUT2D eigenvalue weighted by Crippen LogP contribution is 2.43. The lowest BCUT2D eigenvalue weighted by atomic mass is 9.91. The molecule has 0 amide bonds. The number of rotatable bonds is 6. The minimum Gasteiger partial charge on any atom is -0.456 e. The average molecular weight is 815 g/mol. The maximum absolute atomic E-state index is 6.65. The van der Waals surface area contributed by atoms with Gasteiger partial charge in [-0.05, 0) is 144 Å². The molecule has 2 heterocycles. The third kappa shape index (κ3) is 5.86. The van der Waals surface area contributed by atoms with Gasteiger partial charge in [-0.15, -0.1) is 0 Å². The Kier molecular flexibility index (Phi) is 8.22. The van der Waals surface area contributed by atoms with Gasteiger partial charge in [-0.25, -0.2) is 4.98 Å². The number of fused-ring (bicyclic) bond motifs is 10. The molecule has 0 spiro atoms. The largest absolute Gasteiger partial charge is 0.456 e. The third-order valence-electron chi connectivity index (χ3n) is 13.0. The Labute approximate surface area is 369 Å². The number of hydrogen-bond donors (Lipinski definition) is 0. The van der Waals surface area contributed by atoms with E-state index in [4.69, 9.17) is 9.40 Å². The van der Waals surface area contributed by atoms with Gasteiger partial charge in [0.15, 0.2) is 0 Å². The van der Waals surface area contributed by atoms with Crippen LogP contribution in [0.25, 0.3) is 127 Å². The van der Waals surface area contributed by atoms with Crippen molar-refractivity contribution in [2.75, 3.05) is 0 Å². The molecule has 13 rings (SSSR count). The van der Waals surface area contributed by atoms with Gasteiger partial charge in [0.25, 0.3) is 0 Å². The normalized spacial score (nSPS) is 11.8. The van der Waals surface area contributed by atoms with Crippen molar-refractivity contribution in [2.45, 2.75) is 0 Å². The van der Waals surface area contributed by atoms with Crippen LogP contribution in [-0.2, 0) is 0 Å². The quantitative estimate of drug-likeness (QED) is 0.157.